The molecule has 0 bridgehead atoms. The van der Waals surface area contributed by atoms with Crippen molar-refractivity contribution in [3.05, 3.63) is 100 Å². The molecule has 5 rings (SSSR count). The van der Waals surface area contributed by atoms with Crippen LogP contribution in [0.15, 0.2) is 89.9 Å². The lowest BCUT2D eigenvalue weighted by Gasteiger charge is -2.20. The Morgan fingerprint density at radius 2 is 1.52 bits per heavy atom. The van der Waals surface area contributed by atoms with Crippen molar-refractivity contribution in [1.29, 1.82) is 0 Å². The normalized spacial score (nSPS) is 11.9. The number of benzene rings is 4. The van der Waals surface area contributed by atoms with Crippen molar-refractivity contribution >= 4 is 45.6 Å². The molecule has 3 aromatic carbocycles. The molecule has 0 saturated heterocycles. The molecule has 0 saturated carbocycles. The highest BCUT2D eigenvalue weighted by atomic mass is 35.5. The summed E-state index contributed by atoms with van der Waals surface area (Å²) in [5.41, 5.74) is 6.55. The molecule has 0 amide bonds. The predicted octanol–water partition coefficient (Wildman–Crippen LogP) is 6.71. The number of fused-ring (bicyclic) bond motifs is 2. The van der Waals surface area contributed by atoms with E-state index in [1.165, 1.54) is 0 Å². The lowest BCUT2D eigenvalue weighted by Crippen LogP contribution is -2.14. The van der Waals surface area contributed by atoms with Crippen LogP contribution in [0.5, 0.6) is 0 Å². The third-order valence-electron chi connectivity index (χ3n) is 5.15. The summed E-state index contributed by atoms with van der Waals surface area (Å²) in [7, 11) is 1.79. The van der Waals surface area contributed by atoms with Crippen LogP contribution >= 0.6 is 23.2 Å². The van der Waals surface area contributed by atoms with E-state index in [0.29, 0.717) is 10.0 Å². The first-order valence-corrected chi connectivity index (χ1v) is 10.5. The van der Waals surface area contributed by atoms with Crippen LogP contribution in [-0.4, -0.2) is 16.6 Å². The summed E-state index contributed by atoms with van der Waals surface area (Å²) in [6.45, 7) is 0. The van der Waals surface area contributed by atoms with E-state index in [1.807, 2.05) is 72.8 Å². The Morgan fingerprint density at radius 3 is 2.23 bits per heavy atom. The Hall–Kier alpha value is -3.34. The Morgan fingerprint density at radius 1 is 0.839 bits per heavy atom. The van der Waals surface area contributed by atoms with Gasteiger partial charge in [-0.15, -0.1) is 0 Å². The molecule has 1 N–H and O–H groups in total. The molecule has 0 radical (unpaired) electrons. The van der Waals surface area contributed by atoms with Gasteiger partial charge in [0.1, 0.15) is 0 Å². The van der Waals surface area contributed by atoms with E-state index in [2.05, 4.69) is 27.0 Å². The van der Waals surface area contributed by atoms with Crippen LogP contribution in [0.25, 0.3) is 28.1 Å². The molecule has 1 aliphatic heterocycles. The molecule has 2 aliphatic rings. The van der Waals surface area contributed by atoms with Crippen LogP contribution in [0, 0.1) is 0 Å². The first-order chi connectivity index (χ1) is 15.1. The van der Waals surface area contributed by atoms with Crippen molar-refractivity contribution in [2.24, 2.45) is 4.99 Å². The smallest absolute Gasteiger partial charge is 0.0900 e. The Bertz CT molecular complexity index is 1420. The lowest BCUT2D eigenvalue weighted by atomic mass is 10.1. The van der Waals surface area contributed by atoms with Crippen molar-refractivity contribution in [1.82, 2.24) is 9.55 Å². The number of hydrogen-bond acceptors (Lipinski definition) is 3. The van der Waals surface area contributed by atoms with Gasteiger partial charge in [0.2, 0.25) is 0 Å². The second kappa shape index (κ2) is 8.06. The van der Waals surface area contributed by atoms with Gasteiger partial charge in [0.15, 0.2) is 0 Å². The number of halogens is 2. The molecular weight excluding hydrogens is 427 g/mol. The first-order valence-electron chi connectivity index (χ1n) is 9.79. The van der Waals surface area contributed by atoms with E-state index >= 15 is 0 Å². The van der Waals surface area contributed by atoms with Crippen molar-refractivity contribution in [2.45, 2.75) is 0 Å². The zero-order valence-corrected chi connectivity index (χ0v) is 18.2. The maximum atomic E-state index is 6.14. The fraction of sp³-hybridized carbons (Fsp3) is 0.0400. The summed E-state index contributed by atoms with van der Waals surface area (Å²) in [5.74, 6) is 0. The van der Waals surface area contributed by atoms with Crippen LogP contribution < -0.4 is 10.7 Å². The van der Waals surface area contributed by atoms with Gasteiger partial charge in [-0.2, -0.15) is 0 Å². The number of nitrogens with one attached hydrogen (secondary N) is 1. The average Bonchev–Trinajstić information content (AvgIpc) is 2.79. The van der Waals surface area contributed by atoms with Gasteiger partial charge < -0.3 is 9.88 Å². The van der Waals surface area contributed by atoms with Crippen molar-refractivity contribution in [3.8, 4) is 17.1 Å². The summed E-state index contributed by atoms with van der Waals surface area (Å²) in [5, 5.41) is 5.67. The standard InChI is InChI=1S/C25H18Cl2N4/c1-28-21-15-25-23(14-22(21)29-18-10-6-16(26)7-11-18)30-20-4-2-3-5-24(20)31(25)19-12-8-17(27)9-13-19/h2-15,29H,1H3. The summed E-state index contributed by atoms with van der Waals surface area (Å²) < 4.78 is 2.19. The first kappa shape index (κ1) is 19.6. The molecule has 1 heterocycles. The minimum Gasteiger partial charge on any atom is -0.354 e. The van der Waals surface area contributed by atoms with E-state index in [1.54, 1.807) is 7.05 Å². The second-order valence-electron chi connectivity index (χ2n) is 7.13. The highest BCUT2D eigenvalue weighted by Crippen LogP contribution is 2.30. The van der Waals surface area contributed by atoms with E-state index in [4.69, 9.17) is 28.2 Å². The van der Waals surface area contributed by atoms with Crippen LogP contribution in [0.3, 0.4) is 0 Å². The molecule has 31 heavy (non-hydrogen) atoms. The van der Waals surface area contributed by atoms with Crippen molar-refractivity contribution in [2.75, 3.05) is 12.4 Å². The monoisotopic (exact) mass is 444 g/mol. The molecule has 0 aromatic heterocycles. The molecule has 6 heteroatoms. The molecule has 3 aromatic rings. The number of nitrogens with zero attached hydrogens (tertiary/aromatic N) is 3. The second-order valence-corrected chi connectivity index (χ2v) is 8.00. The molecule has 1 aliphatic carbocycles. The number of hydrogen-bond donors (Lipinski definition) is 1. The fourth-order valence-corrected chi connectivity index (χ4v) is 3.94. The van der Waals surface area contributed by atoms with Crippen molar-refractivity contribution < 1.29 is 0 Å². The SMILES string of the molecule is CN=c1cc2n(-c3ccc(Cl)cc3)c3ccccc3nc-2cc1Nc1ccc(Cl)cc1. The van der Waals surface area contributed by atoms with Crippen LogP contribution in [0.4, 0.5) is 11.4 Å². The van der Waals surface area contributed by atoms with Crippen LogP contribution in [0.2, 0.25) is 10.0 Å². The number of aromatic nitrogens is 2. The van der Waals surface area contributed by atoms with Crippen LogP contribution in [-0.2, 0) is 0 Å². The lowest BCUT2D eigenvalue weighted by molar-refractivity contribution is 1.07. The molecule has 0 unspecified atom stereocenters. The molecule has 4 nitrogen and oxygen atoms in total. The number of para-hydroxylation sites is 2. The fourth-order valence-electron chi connectivity index (χ4n) is 3.68. The summed E-state index contributed by atoms with van der Waals surface area (Å²) in [4.78, 5) is 9.44. The quantitative estimate of drug-likeness (QED) is 0.314. The summed E-state index contributed by atoms with van der Waals surface area (Å²) in [6, 6.07) is 27.6. The molecular formula is C25H18Cl2N4. The summed E-state index contributed by atoms with van der Waals surface area (Å²) >= 11 is 12.2. The molecule has 0 fully saturated rings. The zero-order chi connectivity index (χ0) is 21.4. The van der Waals surface area contributed by atoms with Gasteiger partial charge in [-0.25, -0.2) is 4.98 Å². The van der Waals surface area contributed by atoms with Crippen LogP contribution in [0.1, 0.15) is 0 Å². The summed E-state index contributed by atoms with van der Waals surface area (Å²) in [6.07, 6.45) is 0. The van der Waals surface area contributed by atoms with Crippen molar-refractivity contribution in [3.63, 3.8) is 0 Å². The Balaban J connectivity index is 1.77. The van der Waals surface area contributed by atoms with Gasteiger partial charge in [0.05, 0.1) is 33.5 Å². The third-order valence-corrected chi connectivity index (χ3v) is 5.65. The minimum atomic E-state index is 0.696. The van der Waals surface area contributed by atoms with Gasteiger partial charge >= 0.3 is 0 Å². The predicted molar refractivity (Wildman–Crippen MR) is 129 cm³/mol. The maximum Gasteiger partial charge on any atom is 0.0900 e. The minimum absolute atomic E-state index is 0.696. The Kier molecular flexibility index (Phi) is 5.10. The topological polar surface area (TPSA) is 42.2 Å². The highest BCUT2D eigenvalue weighted by Gasteiger charge is 2.16. The van der Waals surface area contributed by atoms with E-state index in [9.17, 15) is 0 Å². The molecule has 0 atom stereocenters. The zero-order valence-electron chi connectivity index (χ0n) is 16.7. The van der Waals surface area contributed by atoms with Gasteiger partial charge in [0.25, 0.3) is 0 Å². The third kappa shape index (κ3) is 3.76. The highest BCUT2D eigenvalue weighted by molar-refractivity contribution is 6.30. The van der Waals surface area contributed by atoms with E-state index < -0.39 is 0 Å². The maximum absolute atomic E-state index is 6.14. The molecule has 152 valence electrons. The van der Waals surface area contributed by atoms with E-state index in [0.717, 1.165) is 44.8 Å². The van der Waals surface area contributed by atoms with Gasteiger partial charge in [-0.3, -0.25) is 4.99 Å². The van der Waals surface area contributed by atoms with Gasteiger partial charge in [-0.05, 0) is 72.8 Å². The average molecular weight is 445 g/mol. The largest absolute Gasteiger partial charge is 0.354 e. The van der Waals surface area contributed by atoms with Gasteiger partial charge in [0, 0.05) is 28.5 Å². The Labute approximate surface area is 189 Å². The van der Waals surface area contributed by atoms with E-state index in [-0.39, 0.29) is 0 Å². The number of rotatable bonds is 3. The molecule has 0 spiro atoms. The van der Waals surface area contributed by atoms with Gasteiger partial charge in [-0.1, -0.05) is 35.3 Å². The number of anilines is 2.